The Balaban J connectivity index is 1.69. The lowest BCUT2D eigenvalue weighted by Crippen LogP contribution is -2.70. The highest BCUT2D eigenvalue weighted by Crippen LogP contribution is 2.89. The summed E-state index contributed by atoms with van der Waals surface area (Å²) in [5.74, 6) is 12.6. The highest BCUT2D eigenvalue weighted by atomic mass is 14.9. The molecule has 0 saturated heterocycles. The van der Waals surface area contributed by atoms with E-state index in [0.717, 1.165) is 76.9 Å². The summed E-state index contributed by atoms with van der Waals surface area (Å²) < 4.78 is 0. The molecule has 5 aliphatic rings. The molecule has 0 N–H and O–H groups in total. The SMILES string of the molecule is CCCC1(CC(C)C)C2C(CC)C(C(C)CC)CC2(C)C2C(C)C3C4C(C)C(C)C4C3(C)C21. The minimum atomic E-state index is 0.579. The Morgan fingerprint density at radius 3 is 2.00 bits per heavy atom. The highest BCUT2D eigenvalue weighted by molar-refractivity contribution is 5.32. The van der Waals surface area contributed by atoms with E-state index in [9.17, 15) is 0 Å². The first-order valence-electron chi connectivity index (χ1n) is 15.5. The van der Waals surface area contributed by atoms with Gasteiger partial charge in [0.1, 0.15) is 0 Å². The quantitative estimate of drug-likeness (QED) is 0.359. The zero-order chi connectivity index (χ0) is 24.2. The molecular formula is C33H58. The summed E-state index contributed by atoms with van der Waals surface area (Å²) in [6.07, 6.45) is 8.74. The zero-order valence-corrected chi connectivity index (χ0v) is 24.2. The summed E-state index contributed by atoms with van der Waals surface area (Å²) in [4.78, 5) is 0. The molecule has 15 unspecified atom stereocenters. The molecule has 0 amide bonds. The Hall–Kier alpha value is 0. The molecule has 5 saturated carbocycles. The predicted molar refractivity (Wildman–Crippen MR) is 143 cm³/mol. The third-order valence-electron chi connectivity index (χ3n) is 14.1. The Bertz CT molecular complexity index is 751. The molecule has 5 rings (SSSR count). The van der Waals surface area contributed by atoms with Crippen molar-refractivity contribution in [3.8, 4) is 0 Å². The van der Waals surface area contributed by atoms with Gasteiger partial charge in [0.05, 0.1) is 0 Å². The molecule has 0 spiro atoms. The fourth-order valence-corrected chi connectivity index (χ4v) is 14.0. The van der Waals surface area contributed by atoms with E-state index in [2.05, 4.69) is 76.2 Å². The molecule has 0 heterocycles. The average molecular weight is 455 g/mol. The summed E-state index contributed by atoms with van der Waals surface area (Å²) in [6, 6.07) is 0. The lowest BCUT2D eigenvalue weighted by molar-refractivity contribution is -0.273. The van der Waals surface area contributed by atoms with Gasteiger partial charge in [-0.05, 0) is 112 Å². The van der Waals surface area contributed by atoms with Crippen LogP contribution < -0.4 is 0 Å². The van der Waals surface area contributed by atoms with E-state index >= 15 is 0 Å². The van der Waals surface area contributed by atoms with Crippen LogP contribution in [0.15, 0.2) is 0 Å². The van der Waals surface area contributed by atoms with Crippen LogP contribution in [0, 0.1) is 93.2 Å². The van der Waals surface area contributed by atoms with Gasteiger partial charge < -0.3 is 0 Å². The minimum Gasteiger partial charge on any atom is -0.0654 e. The van der Waals surface area contributed by atoms with Gasteiger partial charge in [-0.2, -0.15) is 0 Å². The van der Waals surface area contributed by atoms with Crippen LogP contribution in [0.2, 0.25) is 0 Å². The molecule has 15 atom stereocenters. The number of hydrogen-bond donors (Lipinski definition) is 0. The van der Waals surface area contributed by atoms with Crippen molar-refractivity contribution >= 4 is 0 Å². The van der Waals surface area contributed by atoms with Gasteiger partial charge >= 0.3 is 0 Å². The van der Waals surface area contributed by atoms with Gasteiger partial charge in [-0.15, -0.1) is 0 Å². The third kappa shape index (κ3) is 2.66. The van der Waals surface area contributed by atoms with Gasteiger partial charge in [0.25, 0.3) is 0 Å². The van der Waals surface area contributed by atoms with Gasteiger partial charge in [0.2, 0.25) is 0 Å². The molecule has 0 radical (unpaired) electrons. The summed E-state index contributed by atoms with van der Waals surface area (Å²) in [6.45, 7) is 29.0. The van der Waals surface area contributed by atoms with Crippen molar-refractivity contribution in [1.29, 1.82) is 0 Å². The maximum atomic E-state index is 2.86. The van der Waals surface area contributed by atoms with Crippen LogP contribution in [0.3, 0.4) is 0 Å². The zero-order valence-electron chi connectivity index (χ0n) is 24.2. The van der Waals surface area contributed by atoms with Crippen molar-refractivity contribution in [1.82, 2.24) is 0 Å². The van der Waals surface area contributed by atoms with Gasteiger partial charge in [-0.25, -0.2) is 0 Å². The van der Waals surface area contributed by atoms with E-state index in [-0.39, 0.29) is 0 Å². The Morgan fingerprint density at radius 1 is 0.818 bits per heavy atom. The second kappa shape index (κ2) is 7.75. The van der Waals surface area contributed by atoms with Crippen LogP contribution in [0.5, 0.6) is 0 Å². The molecule has 0 aromatic rings. The van der Waals surface area contributed by atoms with E-state index in [4.69, 9.17) is 0 Å². The van der Waals surface area contributed by atoms with Crippen molar-refractivity contribution in [3.05, 3.63) is 0 Å². The Kier molecular flexibility index (Phi) is 5.80. The fourth-order valence-electron chi connectivity index (χ4n) is 14.0. The van der Waals surface area contributed by atoms with Crippen molar-refractivity contribution in [2.75, 3.05) is 0 Å². The first-order chi connectivity index (χ1) is 15.5. The molecule has 0 heteroatoms. The molecule has 0 aromatic heterocycles. The van der Waals surface area contributed by atoms with Gasteiger partial charge in [-0.1, -0.05) is 95.4 Å². The molecule has 190 valence electrons. The monoisotopic (exact) mass is 454 g/mol. The standard InChI is InChI=1S/C33H58/c1-12-15-33(16-18(4)5)29-23(14-3)24(19(6)13-2)17-31(29,10)28-22(9)27-25-20(7)21(8)26(25)32(27,11)30(28)33/h18-30H,12-17H2,1-11H3. The number of hydrogen-bond acceptors (Lipinski definition) is 0. The Morgan fingerprint density at radius 2 is 1.45 bits per heavy atom. The predicted octanol–water partition coefficient (Wildman–Crippen LogP) is 9.58. The first-order valence-corrected chi connectivity index (χ1v) is 15.5. The summed E-state index contributed by atoms with van der Waals surface area (Å²) in [5.41, 5.74) is 1.80. The van der Waals surface area contributed by atoms with Gasteiger partial charge in [-0.3, -0.25) is 0 Å². The minimum absolute atomic E-state index is 0.579. The van der Waals surface area contributed by atoms with Crippen LogP contribution in [-0.2, 0) is 0 Å². The van der Waals surface area contributed by atoms with Gasteiger partial charge in [0, 0.05) is 0 Å². The summed E-state index contributed by atoms with van der Waals surface area (Å²) >= 11 is 0. The van der Waals surface area contributed by atoms with Gasteiger partial charge in [0.15, 0.2) is 0 Å². The Labute approximate surface area is 207 Å². The largest absolute Gasteiger partial charge is 0.0654 e. The van der Waals surface area contributed by atoms with Crippen LogP contribution in [0.1, 0.15) is 115 Å². The third-order valence-corrected chi connectivity index (χ3v) is 14.1. The second-order valence-corrected chi connectivity index (χ2v) is 15.5. The highest BCUT2D eigenvalue weighted by Gasteiger charge is 2.85. The van der Waals surface area contributed by atoms with E-state index in [1.54, 1.807) is 6.42 Å². The lowest BCUT2D eigenvalue weighted by atomic mass is 9.30. The molecular weight excluding hydrogens is 396 g/mol. The van der Waals surface area contributed by atoms with E-state index in [1.807, 2.05) is 0 Å². The number of fused-ring (bicyclic) bond motifs is 8. The van der Waals surface area contributed by atoms with Crippen molar-refractivity contribution in [2.45, 2.75) is 115 Å². The summed E-state index contributed by atoms with van der Waals surface area (Å²) in [7, 11) is 0. The van der Waals surface area contributed by atoms with Crippen LogP contribution >= 0.6 is 0 Å². The van der Waals surface area contributed by atoms with Crippen LogP contribution in [0.4, 0.5) is 0 Å². The first kappa shape index (κ1) is 24.7. The van der Waals surface area contributed by atoms with Crippen molar-refractivity contribution in [2.24, 2.45) is 93.2 Å². The molecule has 5 aliphatic carbocycles. The lowest BCUT2D eigenvalue weighted by Gasteiger charge is -2.74. The number of rotatable bonds is 7. The van der Waals surface area contributed by atoms with Crippen molar-refractivity contribution < 1.29 is 0 Å². The van der Waals surface area contributed by atoms with Crippen molar-refractivity contribution in [3.63, 3.8) is 0 Å². The maximum Gasteiger partial charge on any atom is -0.0222 e. The van der Waals surface area contributed by atoms with E-state index < -0.39 is 0 Å². The smallest absolute Gasteiger partial charge is 0.0222 e. The molecule has 0 nitrogen and oxygen atoms in total. The molecule has 5 fully saturated rings. The topological polar surface area (TPSA) is 0 Å². The molecule has 0 aromatic carbocycles. The van der Waals surface area contributed by atoms with E-state index in [1.165, 1.54) is 32.1 Å². The molecule has 33 heavy (non-hydrogen) atoms. The second-order valence-electron chi connectivity index (χ2n) is 15.5. The molecule has 0 aliphatic heterocycles. The normalized spacial score (nSPS) is 59.5. The van der Waals surface area contributed by atoms with Crippen LogP contribution in [0.25, 0.3) is 0 Å². The summed E-state index contributed by atoms with van der Waals surface area (Å²) in [5, 5.41) is 0. The fraction of sp³-hybridized carbons (Fsp3) is 1.00. The molecule has 0 bridgehead atoms. The van der Waals surface area contributed by atoms with Crippen LogP contribution in [-0.4, -0.2) is 0 Å². The van der Waals surface area contributed by atoms with E-state index in [0.29, 0.717) is 16.2 Å². The average Bonchev–Trinajstić information content (AvgIpc) is 3.24. The maximum absolute atomic E-state index is 2.86.